The van der Waals surface area contributed by atoms with E-state index in [1.54, 1.807) is 6.07 Å². The minimum atomic E-state index is 0.167. The second kappa shape index (κ2) is 6.41. The van der Waals surface area contributed by atoms with E-state index >= 15 is 0 Å². The summed E-state index contributed by atoms with van der Waals surface area (Å²) in [5.41, 5.74) is 9.74. The van der Waals surface area contributed by atoms with Crippen LogP contribution in [0.1, 0.15) is 24.0 Å². The Morgan fingerprint density at radius 3 is 2.86 bits per heavy atom. The first-order valence-corrected chi connectivity index (χ1v) is 7.95. The van der Waals surface area contributed by atoms with Gasteiger partial charge in [-0.2, -0.15) is 0 Å². The SMILES string of the molecule is Nc1cc(CCC(=O)N2CCCc3ccccc32)ccc1Cl. The highest BCUT2D eigenvalue weighted by molar-refractivity contribution is 6.33. The van der Waals surface area contributed by atoms with Crippen molar-refractivity contribution >= 4 is 28.9 Å². The van der Waals surface area contributed by atoms with Crippen molar-refractivity contribution < 1.29 is 4.79 Å². The number of anilines is 2. The molecule has 0 saturated heterocycles. The molecule has 0 spiro atoms. The second-order valence-corrected chi connectivity index (χ2v) is 6.04. The van der Waals surface area contributed by atoms with Crippen LogP contribution >= 0.6 is 11.6 Å². The number of para-hydroxylation sites is 1. The molecule has 0 bridgehead atoms. The Bertz CT molecular complexity index is 699. The van der Waals surface area contributed by atoms with Crippen molar-refractivity contribution in [1.29, 1.82) is 0 Å². The molecule has 0 aliphatic carbocycles. The number of benzene rings is 2. The number of aryl methyl sites for hydroxylation is 2. The summed E-state index contributed by atoms with van der Waals surface area (Å²) in [5.74, 6) is 0.167. The summed E-state index contributed by atoms with van der Waals surface area (Å²) in [4.78, 5) is 14.5. The molecule has 1 heterocycles. The molecule has 1 aliphatic heterocycles. The number of nitrogens with two attached hydrogens (primary N) is 1. The standard InChI is InChI=1S/C18H19ClN2O/c19-15-9-7-13(12-16(15)20)8-10-18(22)21-11-3-5-14-4-1-2-6-17(14)21/h1-2,4,6-7,9,12H,3,5,8,10-11,20H2. The molecule has 0 atom stereocenters. The van der Waals surface area contributed by atoms with E-state index in [0.717, 1.165) is 30.6 Å². The quantitative estimate of drug-likeness (QED) is 0.875. The van der Waals surface area contributed by atoms with E-state index in [1.807, 2.05) is 35.2 Å². The van der Waals surface area contributed by atoms with Crippen LogP contribution in [0.2, 0.25) is 5.02 Å². The number of halogens is 1. The van der Waals surface area contributed by atoms with Crippen LogP contribution in [-0.4, -0.2) is 12.5 Å². The van der Waals surface area contributed by atoms with E-state index in [-0.39, 0.29) is 5.91 Å². The van der Waals surface area contributed by atoms with Crippen LogP contribution in [0.3, 0.4) is 0 Å². The van der Waals surface area contributed by atoms with Gasteiger partial charge in [0.15, 0.2) is 0 Å². The van der Waals surface area contributed by atoms with Gasteiger partial charge < -0.3 is 10.6 Å². The van der Waals surface area contributed by atoms with Gasteiger partial charge in [-0.05, 0) is 48.6 Å². The predicted octanol–water partition coefficient (Wildman–Crippen LogP) is 3.83. The van der Waals surface area contributed by atoms with E-state index in [1.165, 1.54) is 5.56 Å². The minimum Gasteiger partial charge on any atom is -0.398 e. The molecule has 0 saturated carbocycles. The first kappa shape index (κ1) is 14.9. The molecule has 0 fully saturated rings. The monoisotopic (exact) mass is 314 g/mol. The lowest BCUT2D eigenvalue weighted by atomic mass is 10.0. The first-order chi connectivity index (χ1) is 10.6. The number of fused-ring (bicyclic) bond motifs is 1. The maximum atomic E-state index is 12.6. The van der Waals surface area contributed by atoms with Crippen LogP contribution in [-0.2, 0) is 17.6 Å². The number of amides is 1. The van der Waals surface area contributed by atoms with Gasteiger partial charge in [-0.25, -0.2) is 0 Å². The van der Waals surface area contributed by atoms with E-state index in [0.29, 0.717) is 23.6 Å². The van der Waals surface area contributed by atoms with Crippen molar-refractivity contribution in [2.45, 2.75) is 25.7 Å². The van der Waals surface area contributed by atoms with Gasteiger partial charge in [0, 0.05) is 18.7 Å². The highest BCUT2D eigenvalue weighted by atomic mass is 35.5. The van der Waals surface area contributed by atoms with Gasteiger partial charge in [0.25, 0.3) is 0 Å². The van der Waals surface area contributed by atoms with Crippen molar-refractivity contribution in [1.82, 2.24) is 0 Å². The molecule has 0 unspecified atom stereocenters. The molecule has 2 aromatic rings. The zero-order valence-electron chi connectivity index (χ0n) is 12.4. The Labute approximate surface area is 135 Å². The number of hydrogen-bond donors (Lipinski definition) is 1. The Morgan fingerprint density at radius 2 is 2.05 bits per heavy atom. The van der Waals surface area contributed by atoms with Crippen molar-refractivity contribution in [3.63, 3.8) is 0 Å². The Morgan fingerprint density at radius 1 is 1.23 bits per heavy atom. The molecular weight excluding hydrogens is 296 g/mol. The number of carbonyl (C=O) groups excluding carboxylic acids is 1. The summed E-state index contributed by atoms with van der Waals surface area (Å²) < 4.78 is 0. The summed E-state index contributed by atoms with van der Waals surface area (Å²) in [6.45, 7) is 0.804. The zero-order chi connectivity index (χ0) is 15.5. The second-order valence-electron chi connectivity index (χ2n) is 5.63. The van der Waals surface area contributed by atoms with Gasteiger partial charge in [-0.15, -0.1) is 0 Å². The fourth-order valence-electron chi connectivity index (χ4n) is 2.93. The van der Waals surface area contributed by atoms with Crippen molar-refractivity contribution in [3.05, 3.63) is 58.6 Å². The third-order valence-corrected chi connectivity index (χ3v) is 4.44. The van der Waals surface area contributed by atoms with Gasteiger partial charge in [0.1, 0.15) is 0 Å². The largest absolute Gasteiger partial charge is 0.398 e. The van der Waals surface area contributed by atoms with Crippen LogP contribution in [0.5, 0.6) is 0 Å². The third kappa shape index (κ3) is 3.09. The van der Waals surface area contributed by atoms with Crippen LogP contribution in [0.4, 0.5) is 11.4 Å². The van der Waals surface area contributed by atoms with E-state index < -0.39 is 0 Å². The molecular formula is C18H19ClN2O. The summed E-state index contributed by atoms with van der Waals surface area (Å²) in [6, 6.07) is 13.7. The number of nitrogen functional groups attached to an aromatic ring is 1. The molecule has 22 heavy (non-hydrogen) atoms. The molecule has 4 heteroatoms. The van der Waals surface area contributed by atoms with Crippen LogP contribution in [0, 0.1) is 0 Å². The lowest BCUT2D eigenvalue weighted by Crippen LogP contribution is -2.35. The normalized spacial score (nSPS) is 13.8. The highest BCUT2D eigenvalue weighted by Gasteiger charge is 2.21. The molecule has 0 radical (unpaired) electrons. The fraction of sp³-hybridized carbons (Fsp3) is 0.278. The van der Waals surface area contributed by atoms with E-state index in [4.69, 9.17) is 17.3 Å². The Balaban J connectivity index is 1.69. The Kier molecular flexibility index (Phi) is 4.34. The number of rotatable bonds is 3. The lowest BCUT2D eigenvalue weighted by Gasteiger charge is -2.29. The fourth-order valence-corrected chi connectivity index (χ4v) is 3.05. The summed E-state index contributed by atoms with van der Waals surface area (Å²) >= 11 is 5.92. The molecule has 2 aromatic carbocycles. The summed E-state index contributed by atoms with van der Waals surface area (Å²) in [5, 5.41) is 0.556. The number of nitrogens with zero attached hydrogens (tertiary/aromatic N) is 1. The van der Waals surface area contributed by atoms with E-state index in [9.17, 15) is 4.79 Å². The zero-order valence-corrected chi connectivity index (χ0v) is 13.1. The lowest BCUT2D eigenvalue weighted by molar-refractivity contribution is -0.118. The van der Waals surface area contributed by atoms with Gasteiger partial charge in [-0.1, -0.05) is 35.9 Å². The molecule has 3 rings (SSSR count). The molecule has 0 aromatic heterocycles. The number of hydrogen-bond acceptors (Lipinski definition) is 2. The van der Waals surface area contributed by atoms with Gasteiger partial charge in [0.2, 0.25) is 5.91 Å². The predicted molar refractivity (Wildman–Crippen MR) is 91.3 cm³/mol. The van der Waals surface area contributed by atoms with Crippen molar-refractivity contribution in [2.24, 2.45) is 0 Å². The molecule has 1 aliphatic rings. The molecule has 114 valence electrons. The van der Waals surface area contributed by atoms with Crippen LogP contribution in [0.25, 0.3) is 0 Å². The minimum absolute atomic E-state index is 0.167. The van der Waals surface area contributed by atoms with Gasteiger partial charge >= 0.3 is 0 Å². The van der Waals surface area contributed by atoms with Gasteiger partial charge in [0.05, 0.1) is 10.7 Å². The van der Waals surface area contributed by atoms with Crippen molar-refractivity contribution in [3.8, 4) is 0 Å². The molecule has 2 N–H and O–H groups in total. The van der Waals surface area contributed by atoms with Crippen LogP contribution in [0.15, 0.2) is 42.5 Å². The third-order valence-electron chi connectivity index (χ3n) is 4.10. The average Bonchev–Trinajstić information content (AvgIpc) is 2.55. The maximum absolute atomic E-state index is 12.6. The number of carbonyl (C=O) groups is 1. The topological polar surface area (TPSA) is 46.3 Å². The van der Waals surface area contributed by atoms with Crippen molar-refractivity contribution in [2.75, 3.05) is 17.2 Å². The molecule has 1 amide bonds. The molecule has 3 nitrogen and oxygen atoms in total. The van der Waals surface area contributed by atoms with Crippen LogP contribution < -0.4 is 10.6 Å². The summed E-state index contributed by atoms with van der Waals surface area (Å²) in [6.07, 6.45) is 3.23. The average molecular weight is 315 g/mol. The maximum Gasteiger partial charge on any atom is 0.227 e. The summed E-state index contributed by atoms with van der Waals surface area (Å²) in [7, 11) is 0. The smallest absolute Gasteiger partial charge is 0.227 e. The van der Waals surface area contributed by atoms with Gasteiger partial charge in [-0.3, -0.25) is 4.79 Å². The first-order valence-electron chi connectivity index (χ1n) is 7.57. The Hall–Kier alpha value is -2.00. The highest BCUT2D eigenvalue weighted by Crippen LogP contribution is 2.27. The van der Waals surface area contributed by atoms with E-state index in [2.05, 4.69) is 6.07 Å².